The Kier molecular flexibility index (Phi) is 15.0. The molecule has 0 aliphatic heterocycles. The molecule has 10 nitrogen and oxygen atoms in total. The lowest BCUT2D eigenvalue weighted by molar-refractivity contribution is 0.324. The second kappa shape index (κ2) is 20.0. The van der Waals surface area contributed by atoms with Crippen molar-refractivity contribution < 1.29 is 48.1 Å². The maximum Gasteiger partial charge on any atom is 0.203 e. The third-order valence-corrected chi connectivity index (χ3v) is 8.28. The lowest BCUT2D eigenvalue weighted by Crippen LogP contribution is -2.04. The molecule has 0 aliphatic rings. The largest absolute Gasteiger partial charge is 0.495 e. The molecule has 0 fully saturated rings. The van der Waals surface area contributed by atoms with Gasteiger partial charge in [0.25, 0.3) is 0 Å². The molecule has 2 N–H and O–H groups in total. The molecule has 4 aromatic rings. The van der Waals surface area contributed by atoms with Crippen LogP contribution in [0.3, 0.4) is 0 Å². The van der Waals surface area contributed by atoms with Crippen LogP contribution in [0.2, 0.25) is 0 Å². The normalized spacial score (nSPS) is 10.6. The standard InChI is InChI=1S/C44H44O10/c1-47-37-22-29(11-15-33(37)17-13-31-24-39(49-3)43(53-7)40(25-31)50-4)20-35(10-9-19-45)36(28-46)21-30-12-16-34(38(23-30)48-2)18-14-32-26-41(51-5)44(54-8)42(27-32)52-6/h11-12,15-16,22-27,45-46H,19-21,28H2,1-8H3/b36-35-. The van der Waals surface area contributed by atoms with Crippen molar-refractivity contribution in [2.75, 3.05) is 70.1 Å². The van der Waals surface area contributed by atoms with Gasteiger partial charge in [-0.05, 0) is 71.7 Å². The number of benzene rings is 4. The quantitative estimate of drug-likeness (QED) is 0.168. The summed E-state index contributed by atoms with van der Waals surface area (Å²) >= 11 is 0. The van der Waals surface area contributed by atoms with E-state index in [4.69, 9.17) is 37.9 Å². The molecule has 0 amide bonds. The van der Waals surface area contributed by atoms with Gasteiger partial charge in [0.05, 0.1) is 74.6 Å². The van der Waals surface area contributed by atoms with Gasteiger partial charge in [-0.2, -0.15) is 0 Å². The zero-order chi connectivity index (χ0) is 39.0. The Morgan fingerprint density at radius 3 is 1.24 bits per heavy atom. The summed E-state index contributed by atoms with van der Waals surface area (Å²) in [5, 5.41) is 20.1. The van der Waals surface area contributed by atoms with Crippen LogP contribution in [-0.2, 0) is 12.8 Å². The molecule has 0 radical (unpaired) electrons. The van der Waals surface area contributed by atoms with E-state index in [0.29, 0.717) is 92.2 Å². The minimum absolute atomic E-state index is 0.240. The number of hydrogen-bond donors (Lipinski definition) is 2. The van der Waals surface area contributed by atoms with Crippen LogP contribution in [0, 0.1) is 35.5 Å². The molecule has 10 heteroatoms. The summed E-state index contributed by atoms with van der Waals surface area (Å²) in [5.74, 6) is 22.6. The molecule has 0 unspecified atom stereocenters. The van der Waals surface area contributed by atoms with Crippen molar-refractivity contribution in [1.82, 2.24) is 0 Å². The number of methoxy groups -OCH3 is 8. The summed E-state index contributed by atoms with van der Waals surface area (Å²) in [6, 6.07) is 18.5. The molecular weight excluding hydrogens is 688 g/mol. The minimum Gasteiger partial charge on any atom is -0.495 e. The maximum absolute atomic E-state index is 10.5. The second-order valence-electron chi connectivity index (χ2n) is 11.5. The van der Waals surface area contributed by atoms with Gasteiger partial charge in [-0.1, -0.05) is 47.7 Å². The maximum atomic E-state index is 10.5. The van der Waals surface area contributed by atoms with Crippen LogP contribution in [0.1, 0.15) is 33.4 Å². The van der Waals surface area contributed by atoms with E-state index in [1.165, 1.54) is 0 Å². The van der Waals surface area contributed by atoms with Crippen LogP contribution in [-0.4, -0.2) is 80.3 Å². The van der Waals surface area contributed by atoms with E-state index >= 15 is 0 Å². The van der Waals surface area contributed by atoms with Crippen molar-refractivity contribution in [3.8, 4) is 81.5 Å². The molecule has 0 heterocycles. The van der Waals surface area contributed by atoms with Gasteiger partial charge in [0.15, 0.2) is 23.0 Å². The van der Waals surface area contributed by atoms with E-state index in [0.717, 1.165) is 11.1 Å². The van der Waals surface area contributed by atoms with Gasteiger partial charge in [-0.3, -0.25) is 0 Å². The Morgan fingerprint density at radius 1 is 0.481 bits per heavy atom. The van der Waals surface area contributed by atoms with E-state index in [9.17, 15) is 10.2 Å². The van der Waals surface area contributed by atoms with E-state index < -0.39 is 0 Å². The van der Waals surface area contributed by atoms with E-state index in [-0.39, 0.29) is 13.2 Å². The molecule has 54 heavy (non-hydrogen) atoms. The van der Waals surface area contributed by atoms with Crippen LogP contribution in [0.25, 0.3) is 0 Å². The first-order chi connectivity index (χ1) is 26.3. The molecule has 0 aromatic heterocycles. The zero-order valence-corrected chi connectivity index (χ0v) is 31.8. The molecule has 4 aromatic carbocycles. The monoisotopic (exact) mass is 732 g/mol. The van der Waals surface area contributed by atoms with Crippen LogP contribution in [0.4, 0.5) is 0 Å². The topological polar surface area (TPSA) is 114 Å². The first-order valence-corrected chi connectivity index (χ1v) is 16.7. The first-order valence-electron chi connectivity index (χ1n) is 16.7. The number of aliphatic hydroxyl groups is 2. The van der Waals surface area contributed by atoms with Gasteiger partial charge in [0.2, 0.25) is 11.5 Å². The second-order valence-corrected chi connectivity index (χ2v) is 11.5. The Hall–Kier alpha value is -6.38. The Morgan fingerprint density at radius 2 is 0.889 bits per heavy atom. The van der Waals surface area contributed by atoms with Crippen molar-refractivity contribution in [2.24, 2.45) is 0 Å². The Balaban J connectivity index is 1.63. The van der Waals surface area contributed by atoms with Crippen LogP contribution in [0.5, 0.6) is 46.0 Å². The molecule has 4 rings (SSSR count). The Bertz CT molecular complexity index is 2120. The van der Waals surface area contributed by atoms with Crippen molar-refractivity contribution in [3.05, 3.63) is 105 Å². The van der Waals surface area contributed by atoms with E-state index in [1.54, 1.807) is 81.1 Å². The highest BCUT2D eigenvalue weighted by atomic mass is 16.5. The molecule has 0 bridgehead atoms. The highest BCUT2D eigenvalue weighted by Crippen LogP contribution is 2.39. The van der Waals surface area contributed by atoms with E-state index in [1.807, 2.05) is 36.4 Å². The highest BCUT2D eigenvalue weighted by Gasteiger charge is 2.15. The third kappa shape index (κ3) is 9.93. The zero-order valence-electron chi connectivity index (χ0n) is 31.8. The fourth-order valence-electron chi connectivity index (χ4n) is 5.60. The fraction of sp³-hybridized carbons (Fsp3) is 0.273. The van der Waals surface area contributed by atoms with Crippen LogP contribution < -0.4 is 37.9 Å². The predicted octanol–water partition coefficient (Wildman–Crippen LogP) is 5.62. The van der Waals surface area contributed by atoms with Gasteiger partial charge in [0.1, 0.15) is 18.1 Å². The van der Waals surface area contributed by atoms with Gasteiger partial charge >= 0.3 is 0 Å². The number of rotatable bonds is 13. The predicted molar refractivity (Wildman–Crippen MR) is 207 cm³/mol. The summed E-state index contributed by atoms with van der Waals surface area (Å²) in [5.41, 5.74) is 5.82. The summed E-state index contributed by atoms with van der Waals surface area (Å²) in [4.78, 5) is 0. The summed E-state index contributed by atoms with van der Waals surface area (Å²) in [6.45, 7) is -0.565. The lowest BCUT2D eigenvalue weighted by atomic mass is 9.94. The van der Waals surface area contributed by atoms with Crippen molar-refractivity contribution in [3.63, 3.8) is 0 Å². The molecule has 0 saturated heterocycles. The third-order valence-electron chi connectivity index (χ3n) is 8.28. The summed E-state index contributed by atoms with van der Waals surface area (Å²) in [7, 11) is 12.5. The molecule has 0 saturated carbocycles. The number of allylic oxidation sites excluding steroid dienone is 1. The number of hydrogen-bond acceptors (Lipinski definition) is 10. The van der Waals surface area contributed by atoms with Crippen molar-refractivity contribution >= 4 is 0 Å². The van der Waals surface area contributed by atoms with Crippen molar-refractivity contribution in [1.29, 1.82) is 0 Å². The highest BCUT2D eigenvalue weighted by molar-refractivity contribution is 5.61. The molecular formula is C44H44O10. The van der Waals surface area contributed by atoms with Gasteiger partial charge < -0.3 is 48.1 Å². The molecule has 0 atom stereocenters. The van der Waals surface area contributed by atoms with Crippen LogP contribution >= 0.6 is 0 Å². The molecule has 0 aliphatic carbocycles. The van der Waals surface area contributed by atoms with Gasteiger partial charge in [-0.15, -0.1) is 0 Å². The SMILES string of the molecule is COc1cc(C/C(C#CCO)=C(\CO)Cc2ccc(C#Cc3cc(OC)c(OC)c(OC)c3)c(OC)c2)ccc1C#Cc1cc(OC)c(OC)c(OC)c1. The summed E-state index contributed by atoms with van der Waals surface area (Å²) in [6.07, 6.45) is 0.772. The smallest absolute Gasteiger partial charge is 0.203 e. The van der Waals surface area contributed by atoms with Gasteiger partial charge in [0, 0.05) is 23.1 Å². The van der Waals surface area contributed by atoms with Gasteiger partial charge in [-0.25, -0.2) is 0 Å². The Labute approximate surface area is 317 Å². The molecule has 0 spiro atoms. The average Bonchev–Trinajstić information content (AvgIpc) is 3.21. The number of ether oxygens (including phenoxy) is 8. The fourth-order valence-corrected chi connectivity index (χ4v) is 5.60. The number of aliphatic hydroxyl groups excluding tert-OH is 2. The van der Waals surface area contributed by atoms with Crippen LogP contribution in [0.15, 0.2) is 71.8 Å². The average molecular weight is 733 g/mol. The lowest BCUT2D eigenvalue weighted by Gasteiger charge is -2.13. The van der Waals surface area contributed by atoms with E-state index in [2.05, 4.69) is 35.5 Å². The first kappa shape index (κ1) is 40.4. The molecule has 280 valence electrons. The minimum atomic E-state index is -0.325. The summed E-state index contributed by atoms with van der Waals surface area (Å²) < 4.78 is 44.1. The van der Waals surface area contributed by atoms with Crippen molar-refractivity contribution in [2.45, 2.75) is 12.8 Å².